The quantitative estimate of drug-likeness (QED) is 0.559. The first-order valence-electron chi connectivity index (χ1n) is 10.2. The second kappa shape index (κ2) is 9.08. The largest absolute Gasteiger partial charge is 0.489 e. The maximum Gasteiger partial charge on any atom is 0.307 e. The molecule has 0 aliphatic carbocycles. The molecular formula is C23H24ClN3O4. The Morgan fingerprint density at radius 1 is 1.26 bits per heavy atom. The number of benzene rings is 2. The lowest BCUT2D eigenvalue weighted by Gasteiger charge is -2.11. The molecule has 7 nitrogen and oxygen atoms in total. The zero-order valence-corrected chi connectivity index (χ0v) is 18.1. The van der Waals surface area contributed by atoms with Crippen LogP contribution in [0.4, 0.5) is 0 Å². The number of carbonyl (C=O) groups is 1. The van der Waals surface area contributed by atoms with Gasteiger partial charge >= 0.3 is 5.97 Å². The van der Waals surface area contributed by atoms with Crippen LogP contribution in [-0.2, 0) is 11.2 Å². The highest BCUT2D eigenvalue weighted by Crippen LogP contribution is 2.31. The Morgan fingerprint density at radius 2 is 2.00 bits per heavy atom. The average molecular weight is 442 g/mol. The van der Waals surface area contributed by atoms with Crippen molar-refractivity contribution in [1.29, 1.82) is 0 Å². The highest BCUT2D eigenvalue weighted by Gasteiger charge is 2.29. The number of nitrogens with zero attached hydrogens (tertiary/aromatic N) is 2. The highest BCUT2D eigenvalue weighted by molar-refractivity contribution is 6.32. The molecule has 2 atom stereocenters. The first kappa shape index (κ1) is 21.3. The summed E-state index contributed by atoms with van der Waals surface area (Å²) in [5.74, 6) is 0.449. The third kappa shape index (κ3) is 5.06. The number of carboxylic acids is 1. The number of hydrogen-bond donors (Lipinski definition) is 2. The van der Waals surface area contributed by atoms with Crippen LogP contribution in [0, 0.1) is 5.92 Å². The van der Waals surface area contributed by atoms with E-state index >= 15 is 0 Å². The summed E-state index contributed by atoms with van der Waals surface area (Å²) in [7, 11) is 0. The van der Waals surface area contributed by atoms with Gasteiger partial charge in [-0.15, -0.1) is 0 Å². The predicted octanol–water partition coefficient (Wildman–Crippen LogP) is 4.45. The number of hydrogen-bond acceptors (Lipinski definition) is 6. The fourth-order valence-corrected chi connectivity index (χ4v) is 3.90. The van der Waals surface area contributed by atoms with E-state index in [1.165, 1.54) is 0 Å². The third-order valence-corrected chi connectivity index (χ3v) is 5.53. The Balaban J connectivity index is 1.43. The van der Waals surface area contributed by atoms with E-state index in [-0.39, 0.29) is 18.1 Å². The van der Waals surface area contributed by atoms with E-state index in [0.717, 1.165) is 23.1 Å². The third-order valence-electron chi connectivity index (χ3n) is 5.23. The van der Waals surface area contributed by atoms with Gasteiger partial charge in [0.05, 0.1) is 17.0 Å². The molecule has 31 heavy (non-hydrogen) atoms. The van der Waals surface area contributed by atoms with Gasteiger partial charge in [0, 0.05) is 23.7 Å². The molecule has 2 N–H and O–H groups in total. The van der Waals surface area contributed by atoms with Crippen molar-refractivity contribution in [2.75, 3.05) is 6.54 Å². The van der Waals surface area contributed by atoms with E-state index in [2.05, 4.69) is 15.5 Å². The van der Waals surface area contributed by atoms with Crippen molar-refractivity contribution >= 4 is 17.6 Å². The molecule has 2 unspecified atom stereocenters. The van der Waals surface area contributed by atoms with Crippen molar-refractivity contribution in [3.8, 4) is 28.6 Å². The zero-order valence-electron chi connectivity index (χ0n) is 17.3. The van der Waals surface area contributed by atoms with Gasteiger partial charge in [0.15, 0.2) is 0 Å². The van der Waals surface area contributed by atoms with Crippen LogP contribution in [0.2, 0.25) is 5.02 Å². The van der Waals surface area contributed by atoms with Crippen LogP contribution in [0.5, 0.6) is 5.75 Å². The fraction of sp³-hybridized carbons (Fsp3) is 0.348. The number of aliphatic carboxylic acids is 1. The summed E-state index contributed by atoms with van der Waals surface area (Å²) in [4.78, 5) is 15.6. The predicted molar refractivity (Wildman–Crippen MR) is 117 cm³/mol. The molecule has 2 heterocycles. The number of aromatic nitrogens is 2. The average Bonchev–Trinajstić information content (AvgIpc) is 3.40. The summed E-state index contributed by atoms with van der Waals surface area (Å²) in [6.07, 6.45) is 1.46. The molecule has 1 aliphatic heterocycles. The van der Waals surface area contributed by atoms with E-state index in [1.807, 2.05) is 44.2 Å². The summed E-state index contributed by atoms with van der Waals surface area (Å²) in [5, 5.41) is 17.0. The number of ether oxygens (including phenoxy) is 1. The molecule has 0 amide bonds. The number of halogens is 1. The molecule has 3 aromatic rings. The van der Waals surface area contributed by atoms with E-state index in [0.29, 0.717) is 35.5 Å². The van der Waals surface area contributed by atoms with Crippen molar-refractivity contribution in [3.63, 3.8) is 0 Å². The first-order valence-corrected chi connectivity index (χ1v) is 10.6. The summed E-state index contributed by atoms with van der Waals surface area (Å²) in [6.45, 7) is 4.41. The van der Waals surface area contributed by atoms with Gasteiger partial charge in [-0.3, -0.25) is 4.79 Å². The van der Waals surface area contributed by atoms with Crippen LogP contribution in [0.1, 0.15) is 25.8 Å². The SMILES string of the molecule is CC(C)Oc1ccc(-c2noc(-c3ccc(CC4CC(C(=O)O)CN4)cc3)n2)cc1Cl. The normalized spacial score (nSPS) is 18.5. The summed E-state index contributed by atoms with van der Waals surface area (Å²) in [6, 6.07) is 13.5. The molecule has 1 aromatic heterocycles. The van der Waals surface area contributed by atoms with Gasteiger partial charge in [-0.1, -0.05) is 28.9 Å². The van der Waals surface area contributed by atoms with Gasteiger partial charge in [0.2, 0.25) is 5.82 Å². The minimum absolute atomic E-state index is 0.0335. The molecule has 1 saturated heterocycles. The number of nitrogens with one attached hydrogen (secondary N) is 1. The van der Waals surface area contributed by atoms with E-state index < -0.39 is 5.97 Å². The Morgan fingerprint density at radius 3 is 2.65 bits per heavy atom. The molecule has 0 saturated carbocycles. The molecular weight excluding hydrogens is 418 g/mol. The Bertz CT molecular complexity index is 1060. The summed E-state index contributed by atoms with van der Waals surface area (Å²) >= 11 is 6.31. The Kier molecular flexibility index (Phi) is 6.25. The molecule has 0 bridgehead atoms. The molecule has 0 spiro atoms. The lowest BCUT2D eigenvalue weighted by atomic mass is 9.99. The van der Waals surface area contributed by atoms with Gasteiger partial charge in [-0.2, -0.15) is 4.98 Å². The van der Waals surface area contributed by atoms with Crippen LogP contribution in [-0.4, -0.2) is 39.9 Å². The van der Waals surface area contributed by atoms with E-state index in [1.54, 1.807) is 12.1 Å². The molecule has 162 valence electrons. The Labute approximate surface area is 185 Å². The maximum absolute atomic E-state index is 11.1. The lowest BCUT2D eigenvalue weighted by Crippen LogP contribution is -2.23. The first-order chi connectivity index (χ1) is 14.9. The molecule has 2 aromatic carbocycles. The van der Waals surface area contributed by atoms with Crippen LogP contribution >= 0.6 is 11.6 Å². The minimum Gasteiger partial charge on any atom is -0.489 e. The van der Waals surface area contributed by atoms with Gasteiger partial charge in [0.1, 0.15) is 5.75 Å². The van der Waals surface area contributed by atoms with Crippen LogP contribution < -0.4 is 10.1 Å². The smallest absolute Gasteiger partial charge is 0.307 e. The second-order valence-electron chi connectivity index (χ2n) is 8.01. The van der Waals surface area contributed by atoms with Gasteiger partial charge in [-0.05, 0) is 62.6 Å². The van der Waals surface area contributed by atoms with Crippen molar-refractivity contribution in [2.45, 2.75) is 38.8 Å². The van der Waals surface area contributed by atoms with Crippen molar-refractivity contribution < 1.29 is 19.2 Å². The van der Waals surface area contributed by atoms with Crippen molar-refractivity contribution in [3.05, 3.63) is 53.1 Å². The standard InChI is InChI=1S/C23H24ClN3O4/c1-13(2)30-20-8-7-16(11-19(20)24)21-26-22(31-27-21)15-5-3-14(4-6-15)9-18-10-17(12-25-18)23(28)29/h3-8,11,13,17-18,25H,9-10,12H2,1-2H3,(H,28,29). The van der Waals surface area contributed by atoms with Crippen molar-refractivity contribution in [1.82, 2.24) is 15.5 Å². The summed E-state index contributed by atoms with van der Waals surface area (Å²) in [5.41, 5.74) is 2.68. The second-order valence-corrected chi connectivity index (χ2v) is 8.42. The molecule has 4 rings (SSSR count). The molecule has 8 heteroatoms. The van der Waals surface area contributed by atoms with Crippen LogP contribution in [0.25, 0.3) is 22.8 Å². The van der Waals surface area contributed by atoms with Crippen LogP contribution in [0.3, 0.4) is 0 Å². The zero-order chi connectivity index (χ0) is 22.0. The van der Waals surface area contributed by atoms with Crippen molar-refractivity contribution in [2.24, 2.45) is 5.92 Å². The molecule has 1 fully saturated rings. The molecule has 1 aliphatic rings. The monoisotopic (exact) mass is 441 g/mol. The lowest BCUT2D eigenvalue weighted by molar-refractivity contribution is -0.141. The van der Waals surface area contributed by atoms with Crippen LogP contribution in [0.15, 0.2) is 47.0 Å². The van der Waals surface area contributed by atoms with E-state index in [4.69, 9.17) is 26.0 Å². The van der Waals surface area contributed by atoms with Gasteiger partial charge in [-0.25, -0.2) is 0 Å². The topological polar surface area (TPSA) is 97.5 Å². The number of carboxylic acid groups (broad SMARTS) is 1. The fourth-order valence-electron chi connectivity index (χ4n) is 3.68. The minimum atomic E-state index is -0.735. The summed E-state index contributed by atoms with van der Waals surface area (Å²) < 4.78 is 11.1. The highest BCUT2D eigenvalue weighted by atomic mass is 35.5. The Hall–Kier alpha value is -2.90. The van der Waals surface area contributed by atoms with E-state index in [9.17, 15) is 4.79 Å². The van der Waals surface area contributed by atoms with Gasteiger partial charge < -0.3 is 19.7 Å². The number of rotatable bonds is 7. The van der Waals surface area contributed by atoms with Gasteiger partial charge in [0.25, 0.3) is 5.89 Å². The molecule has 0 radical (unpaired) electrons. The maximum atomic E-state index is 11.1.